The first-order valence-electron chi connectivity index (χ1n) is 22.7. The number of hydrogen-bond acceptors (Lipinski definition) is 10. The van der Waals surface area contributed by atoms with Crippen LogP contribution in [0, 0.1) is 0 Å². The number of thioether (sulfide) groups is 4. The molecule has 0 unspecified atom stereocenters. The molecule has 0 amide bonds. The van der Waals surface area contributed by atoms with Crippen LogP contribution < -0.4 is 10.2 Å². The first-order chi connectivity index (χ1) is 26.5. The van der Waals surface area contributed by atoms with Crippen molar-refractivity contribution in [2.75, 3.05) is 23.0 Å². The zero-order chi connectivity index (χ0) is 41.7. The fraction of sp³-hybridized carbons (Fsp3) is 0.955. The Hall–Kier alpha value is 1.06. The maximum atomic E-state index is 11.2. The van der Waals surface area contributed by atoms with Crippen LogP contribution in [0.5, 0.6) is 0 Å². The topological polar surface area (TPSA) is 121 Å². The van der Waals surface area contributed by atoms with Crippen LogP contribution >= 0.6 is 47.0 Å². The van der Waals surface area contributed by atoms with Gasteiger partial charge in [-0.3, -0.25) is 0 Å². The number of hydrogen-bond donors (Lipinski definition) is 2. The summed E-state index contributed by atoms with van der Waals surface area (Å²) in [5, 5.41) is 42.9. The summed E-state index contributed by atoms with van der Waals surface area (Å²) in [7, 11) is 0. The molecule has 0 aliphatic carbocycles. The van der Waals surface area contributed by atoms with Crippen LogP contribution in [0.4, 0.5) is 0 Å². The molecule has 6 nitrogen and oxygen atoms in total. The maximum absolute atomic E-state index is 11.2. The van der Waals surface area contributed by atoms with Gasteiger partial charge in [0.1, 0.15) is 0 Å². The predicted molar refractivity (Wildman–Crippen MR) is 248 cm³/mol. The third-order valence-electron chi connectivity index (χ3n) is 9.11. The van der Waals surface area contributed by atoms with Crippen molar-refractivity contribution in [3.8, 4) is 0 Å². The molecular weight excluding hydrogens is 871 g/mol. The molecule has 11 heteroatoms. The molecule has 328 valence electrons. The number of aliphatic hydroxyl groups is 2. The Balaban J connectivity index is -0.000000805. The van der Waals surface area contributed by atoms with Crippen molar-refractivity contribution in [1.29, 1.82) is 0 Å². The second kappa shape index (κ2) is 47.7. The zero-order valence-electron chi connectivity index (χ0n) is 36.7. The van der Waals surface area contributed by atoms with Crippen LogP contribution in [0.2, 0.25) is 8.87 Å². The Labute approximate surface area is 369 Å². The van der Waals surface area contributed by atoms with Crippen molar-refractivity contribution in [1.82, 2.24) is 0 Å². The normalized spacial score (nSPS) is 11.3. The number of carbonyl (C=O) groups excluding carboxylic acids is 2. The summed E-state index contributed by atoms with van der Waals surface area (Å²) in [5.41, 5.74) is 0. The van der Waals surface area contributed by atoms with Crippen LogP contribution in [0.15, 0.2) is 0 Å². The molecule has 0 aromatic rings. The van der Waals surface area contributed by atoms with Gasteiger partial charge < -0.3 is 30.0 Å². The number of rotatable bonds is 40. The van der Waals surface area contributed by atoms with E-state index in [1.165, 1.54) is 128 Å². The van der Waals surface area contributed by atoms with E-state index in [2.05, 4.69) is 41.5 Å². The van der Waals surface area contributed by atoms with E-state index >= 15 is 0 Å². The molecule has 0 fully saturated rings. The Morgan fingerprint density at radius 2 is 0.582 bits per heavy atom. The summed E-state index contributed by atoms with van der Waals surface area (Å²) in [5.74, 6) is 0.00869. The molecule has 0 heterocycles. The van der Waals surface area contributed by atoms with Gasteiger partial charge in [-0.25, -0.2) is 0 Å². The van der Waals surface area contributed by atoms with Crippen molar-refractivity contribution in [3.63, 3.8) is 0 Å². The Morgan fingerprint density at radius 1 is 0.382 bits per heavy atom. The van der Waals surface area contributed by atoms with Gasteiger partial charge in [0.2, 0.25) is 0 Å². The Morgan fingerprint density at radius 3 is 0.782 bits per heavy atom. The van der Waals surface area contributed by atoms with Crippen LogP contribution in [0.25, 0.3) is 0 Å². The second-order valence-corrected chi connectivity index (χ2v) is 24.6. The van der Waals surface area contributed by atoms with E-state index in [1.807, 2.05) is 0 Å². The third kappa shape index (κ3) is 44.4. The molecule has 0 aromatic heterocycles. The van der Waals surface area contributed by atoms with Crippen molar-refractivity contribution in [3.05, 3.63) is 0 Å². The summed E-state index contributed by atoms with van der Waals surface area (Å²) in [6, 6.07) is 0. The van der Waals surface area contributed by atoms with Crippen molar-refractivity contribution < 1.29 is 30.0 Å². The number of carboxylic acids is 2. The number of carbonyl (C=O) groups is 2. The minimum atomic E-state index is -1.77. The average Bonchev–Trinajstić information content (AvgIpc) is 3.17. The Kier molecular flexibility index (Phi) is 52.4. The summed E-state index contributed by atoms with van der Waals surface area (Å²) in [6.45, 7) is 13.3. The molecule has 55 heavy (non-hydrogen) atoms. The van der Waals surface area contributed by atoms with Gasteiger partial charge in [-0.2, -0.15) is 0 Å². The van der Waals surface area contributed by atoms with Gasteiger partial charge in [0.25, 0.3) is 0 Å². The quantitative estimate of drug-likeness (QED) is 0.0349. The molecule has 2 N–H and O–H groups in total. The van der Waals surface area contributed by atoms with Crippen molar-refractivity contribution in [2.24, 2.45) is 0 Å². The number of aliphatic carboxylic acids is 2. The third-order valence-corrected chi connectivity index (χ3v) is 18.8. The molecule has 0 rings (SSSR count). The minimum absolute atomic E-state index is 0.149. The summed E-state index contributed by atoms with van der Waals surface area (Å²) in [6.07, 6.45) is 33.9. The van der Waals surface area contributed by atoms with Gasteiger partial charge in [0.15, 0.2) is 8.53 Å². The number of unbranched alkanes of at least 4 members (excludes halogenated alkanes) is 22. The molecule has 0 saturated heterocycles. The molecule has 0 spiro atoms. The fourth-order valence-electron chi connectivity index (χ4n) is 5.42. The zero-order valence-corrected chi connectivity index (χ0v) is 42.8. The molecule has 0 aliphatic rings. The molecule has 0 atom stereocenters. The standard InChI is InChI=1S/2C18H36O3S2.2C4H9.Sn/c2*1-3-5-7-9-11-13-15-22-18(21,17(19)20)23-16-14-12-10-8-6-4-2;2*1-3-4-2;/h2*21H,3-16H2,1-2H3,(H,19,20);2*1,3-4H2,2H3;/q;;;;+2/p-2. The Bertz CT molecular complexity index is 697. The monoisotopic (exact) mass is 960 g/mol. The first kappa shape index (κ1) is 60.4. The molecule has 0 saturated carbocycles. The van der Waals surface area contributed by atoms with Gasteiger partial charge >= 0.3 is 69.5 Å². The first-order valence-corrected chi connectivity index (χ1v) is 30.7. The molecular formula is C44H88O6S4Sn. The van der Waals surface area contributed by atoms with E-state index in [-0.39, 0.29) is 21.1 Å². The van der Waals surface area contributed by atoms with Crippen molar-refractivity contribution in [2.45, 2.75) is 239 Å². The average molecular weight is 960 g/mol. The summed E-state index contributed by atoms with van der Waals surface area (Å²) >= 11 is 4.65. The van der Waals surface area contributed by atoms with Crippen LogP contribution in [0.1, 0.15) is 221 Å². The van der Waals surface area contributed by atoms with Gasteiger partial charge in [0, 0.05) is 0 Å². The van der Waals surface area contributed by atoms with Crippen molar-refractivity contribution >= 4 is 80.1 Å². The summed E-state index contributed by atoms with van der Waals surface area (Å²) < 4.78 is -0.292. The van der Waals surface area contributed by atoms with E-state index in [0.29, 0.717) is 23.0 Å². The van der Waals surface area contributed by atoms with Crippen LogP contribution in [-0.4, -0.2) is 74.8 Å². The van der Waals surface area contributed by atoms with E-state index in [0.717, 1.165) is 98.4 Å². The van der Waals surface area contributed by atoms with Crippen LogP contribution in [-0.2, 0) is 9.59 Å². The van der Waals surface area contributed by atoms with E-state index in [9.17, 15) is 30.0 Å². The van der Waals surface area contributed by atoms with Gasteiger partial charge in [0.05, 0.1) is 11.9 Å². The van der Waals surface area contributed by atoms with E-state index < -0.39 is 20.5 Å². The van der Waals surface area contributed by atoms with E-state index in [1.54, 1.807) is 8.87 Å². The summed E-state index contributed by atoms with van der Waals surface area (Å²) in [4.78, 5) is 22.5. The molecule has 0 radical (unpaired) electrons. The van der Waals surface area contributed by atoms with Gasteiger partial charge in [-0.1, -0.05) is 156 Å². The van der Waals surface area contributed by atoms with Gasteiger partial charge in [-0.15, -0.1) is 47.0 Å². The van der Waals surface area contributed by atoms with Gasteiger partial charge in [-0.05, 0) is 48.7 Å². The second-order valence-electron chi connectivity index (χ2n) is 14.7. The predicted octanol–water partition coefficient (Wildman–Crippen LogP) is 12.3. The molecule has 0 aromatic carbocycles. The SMILES string of the molecule is CCCCCCCCSC(O)(SCCCCCCCC)C(=O)[O-].CCCCCCCCSC(O)(SCCCCCCCC)C(=O)[O-].CCC[CH2][Sn+2][CH2]CCC. The van der Waals surface area contributed by atoms with Crippen LogP contribution in [0.3, 0.4) is 0 Å². The molecule has 0 aliphatic heterocycles. The fourth-order valence-corrected chi connectivity index (χ4v) is 14.2. The molecule has 0 bridgehead atoms. The van der Waals surface area contributed by atoms with E-state index in [4.69, 9.17) is 0 Å². The number of carboxylic acid groups (broad SMARTS) is 2.